The Morgan fingerprint density at radius 1 is 1.17 bits per heavy atom. The van der Waals surface area contributed by atoms with Crippen LogP contribution in [0.1, 0.15) is 47.1 Å². The molecule has 0 saturated carbocycles. The van der Waals surface area contributed by atoms with Crippen LogP contribution in [0, 0.1) is 0 Å². The van der Waals surface area contributed by atoms with Gasteiger partial charge in [-0.1, -0.05) is 18.2 Å². The largest absolute Gasteiger partial charge is 0.470 e. The summed E-state index contributed by atoms with van der Waals surface area (Å²) in [7, 11) is -3.53. The average molecular weight is 355 g/mol. The van der Waals surface area contributed by atoms with Crippen molar-refractivity contribution >= 4 is 7.60 Å². The van der Waals surface area contributed by atoms with Gasteiger partial charge in [-0.15, -0.1) is 0 Å². The number of hydrogen-bond donors (Lipinski definition) is 1. The van der Waals surface area contributed by atoms with Crippen LogP contribution in [0.3, 0.4) is 0 Å². The quantitative estimate of drug-likeness (QED) is 0.642. The Bertz CT molecular complexity index is 675. The van der Waals surface area contributed by atoms with Crippen molar-refractivity contribution in [2.45, 2.75) is 71.0 Å². The second-order valence-electron chi connectivity index (χ2n) is 7.27. The maximum Gasteiger partial charge on any atom is 0.353 e. The molecular weight excluding hydrogens is 329 g/mol. The van der Waals surface area contributed by atoms with Gasteiger partial charge in [-0.05, 0) is 47.6 Å². The standard InChI is InChI=1S/C17H26NO5P/c1-11(2)22-24(20,23-12(3)4)15-17(6)18(15)16(5,19)13-9-7-8-10-14(13)21-17/h7-12,15,19H,1-6H3/t15-,16-,17-,18?/m0/s1. The molecule has 1 aromatic carbocycles. The third-order valence-electron chi connectivity index (χ3n) is 4.33. The molecule has 1 unspecified atom stereocenters. The SMILES string of the molecule is CC(C)OP(=O)(OC(C)C)[C@@H]1N2[C@@](C)(O)c3ccccc3O[C@@]12C. The van der Waals surface area contributed by atoms with E-state index in [-0.39, 0.29) is 12.2 Å². The van der Waals surface area contributed by atoms with Crippen molar-refractivity contribution in [3.8, 4) is 5.75 Å². The number of para-hydroxylation sites is 1. The highest BCUT2D eigenvalue weighted by molar-refractivity contribution is 7.55. The molecule has 134 valence electrons. The third-order valence-corrected chi connectivity index (χ3v) is 7.07. The number of ether oxygens (including phenoxy) is 1. The van der Waals surface area contributed by atoms with Crippen molar-refractivity contribution in [1.82, 2.24) is 4.90 Å². The van der Waals surface area contributed by atoms with Crippen LogP contribution in [0.2, 0.25) is 0 Å². The predicted octanol–water partition coefficient (Wildman–Crippen LogP) is 3.65. The minimum Gasteiger partial charge on any atom is -0.470 e. The van der Waals surface area contributed by atoms with Gasteiger partial charge in [0.15, 0.2) is 11.5 Å². The minimum atomic E-state index is -3.53. The van der Waals surface area contributed by atoms with Gasteiger partial charge < -0.3 is 18.9 Å². The normalized spacial score (nSPS) is 34.7. The summed E-state index contributed by atoms with van der Waals surface area (Å²) in [6, 6.07) is 7.30. The van der Waals surface area contributed by atoms with E-state index >= 15 is 0 Å². The molecule has 0 aromatic heterocycles. The van der Waals surface area contributed by atoms with Crippen LogP contribution in [0.15, 0.2) is 24.3 Å². The van der Waals surface area contributed by atoms with Gasteiger partial charge in [0.1, 0.15) is 11.5 Å². The van der Waals surface area contributed by atoms with E-state index in [0.717, 1.165) is 0 Å². The van der Waals surface area contributed by atoms with E-state index < -0.39 is 24.8 Å². The molecule has 2 aliphatic heterocycles. The van der Waals surface area contributed by atoms with Gasteiger partial charge >= 0.3 is 7.60 Å². The first-order valence-electron chi connectivity index (χ1n) is 8.29. The monoisotopic (exact) mass is 355 g/mol. The van der Waals surface area contributed by atoms with Crippen molar-refractivity contribution in [3.05, 3.63) is 29.8 Å². The Morgan fingerprint density at radius 3 is 2.25 bits per heavy atom. The highest BCUT2D eigenvalue weighted by Crippen LogP contribution is 2.72. The summed E-state index contributed by atoms with van der Waals surface area (Å²) in [4.78, 5) is 1.67. The lowest BCUT2D eigenvalue weighted by atomic mass is 10.0. The number of benzene rings is 1. The van der Waals surface area contributed by atoms with Crippen LogP contribution in [0.5, 0.6) is 5.75 Å². The maximum atomic E-state index is 13.5. The Kier molecular flexibility index (Phi) is 4.14. The fourth-order valence-electron chi connectivity index (χ4n) is 3.59. The maximum absolute atomic E-state index is 13.5. The Hall–Kier alpha value is -0.910. The topological polar surface area (TPSA) is 68.0 Å². The molecule has 0 amide bonds. The summed E-state index contributed by atoms with van der Waals surface area (Å²) < 4.78 is 31.1. The van der Waals surface area contributed by atoms with E-state index in [0.29, 0.717) is 11.3 Å². The zero-order valence-corrected chi connectivity index (χ0v) is 15.9. The van der Waals surface area contributed by atoms with Crippen LogP contribution in [0.4, 0.5) is 0 Å². The Balaban J connectivity index is 2.02. The number of aliphatic hydroxyl groups is 1. The van der Waals surface area contributed by atoms with Gasteiger partial charge in [0.05, 0.1) is 12.2 Å². The molecule has 0 bridgehead atoms. The molecule has 2 aliphatic rings. The van der Waals surface area contributed by atoms with Crippen LogP contribution in [0.25, 0.3) is 0 Å². The molecule has 1 aromatic rings. The highest BCUT2D eigenvalue weighted by Gasteiger charge is 2.79. The second-order valence-corrected chi connectivity index (χ2v) is 9.26. The number of hydrogen-bond acceptors (Lipinski definition) is 6. The molecule has 4 atom stereocenters. The van der Waals surface area contributed by atoms with Crippen molar-refractivity contribution in [1.29, 1.82) is 0 Å². The first kappa shape index (κ1) is 17.9. The third kappa shape index (κ3) is 2.61. The predicted molar refractivity (Wildman–Crippen MR) is 90.7 cm³/mol. The molecule has 1 fully saturated rings. The summed E-state index contributed by atoms with van der Waals surface area (Å²) in [5, 5.41) is 11.1. The molecule has 3 rings (SSSR count). The van der Waals surface area contributed by atoms with Crippen molar-refractivity contribution in [2.24, 2.45) is 0 Å². The molecule has 24 heavy (non-hydrogen) atoms. The van der Waals surface area contributed by atoms with Crippen molar-refractivity contribution in [3.63, 3.8) is 0 Å². The molecule has 0 spiro atoms. The zero-order chi connectivity index (χ0) is 17.9. The van der Waals surface area contributed by atoms with Gasteiger partial charge in [-0.2, -0.15) is 0 Å². The second kappa shape index (κ2) is 5.55. The van der Waals surface area contributed by atoms with Crippen molar-refractivity contribution < 1.29 is 23.5 Å². The van der Waals surface area contributed by atoms with Crippen LogP contribution < -0.4 is 4.74 Å². The first-order valence-corrected chi connectivity index (χ1v) is 9.90. The molecule has 7 heteroatoms. The van der Waals surface area contributed by atoms with Crippen LogP contribution in [-0.4, -0.2) is 33.7 Å². The average Bonchev–Trinajstić information content (AvgIpc) is 3.05. The van der Waals surface area contributed by atoms with Gasteiger partial charge in [-0.3, -0.25) is 4.57 Å². The van der Waals surface area contributed by atoms with E-state index in [1.807, 2.05) is 52.8 Å². The molecule has 6 nitrogen and oxygen atoms in total. The van der Waals surface area contributed by atoms with E-state index in [1.54, 1.807) is 17.9 Å². The lowest BCUT2D eigenvalue weighted by Crippen LogP contribution is -2.42. The molecule has 1 saturated heterocycles. The van der Waals surface area contributed by atoms with E-state index in [9.17, 15) is 9.67 Å². The lowest BCUT2D eigenvalue weighted by molar-refractivity contribution is -0.101. The van der Waals surface area contributed by atoms with E-state index in [4.69, 9.17) is 13.8 Å². The summed E-state index contributed by atoms with van der Waals surface area (Å²) in [5.41, 5.74) is -1.60. The molecular formula is C17H26NO5P. The van der Waals surface area contributed by atoms with E-state index in [1.165, 1.54) is 0 Å². The van der Waals surface area contributed by atoms with Crippen LogP contribution >= 0.6 is 7.60 Å². The summed E-state index contributed by atoms with van der Waals surface area (Å²) in [6.45, 7) is 10.7. The molecule has 0 aliphatic carbocycles. The molecule has 2 heterocycles. The van der Waals surface area contributed by atoms with E-state index in [2.05, 4.69) is 0 Å². The fourth-order valence-corrected chi connectivity index (χ4v) is 6.48. The zero-order valence-electron chi connectivity index (χ0n) is 15.0. The summed E-state index contributed by atoms with van der Waals surface area (Å²) >= 11 is 0. The van der Waals surface area contributed by atoms with Crippen molar-refractivity contribution in [2.75, 3.05) is 0 Å². The lowest BCUT2D eigenvalue weighted by Gasteiger charge is -2.35. The van der Waals surface area contributed by atoms with Gasteiger partial charge in [0, 0.05) is 5.56 Å². The Morgan fingerprint density at radius 2 is 1.71 bits per heavy atom. The number of rotatable bonds is 5. The fraction of sp³-hybridized carbons (Fsp3) is 0.647. The highest BCUT2D eigenvalue weighted by atomic mass is 31.2. The van der Waals surface area contributed by atoms with Gasteiger partial charge in [0.25, 0.3) is 0 Å². The minimum absolute atomic E-state index is 0.269. The number of fused-ring (bicyclic) bond motifs is 2. The van der Waals surface area contributed by atoms with Gasteiger partial charge in [0.2, 0.25) is 0 Å². The molecule has 1 N–H and O–H groups in total. The first-order chi connectivity index (χ1) is 11.0. The smallest absolute Gasteiger partial charge is 0.353 e. The summed E-state index contributed by atoms with van der Waals surface area (Å²) in [6.07, 6.45) is -0.538. The molecule has 0 radical (unpaired) electrons. The van der Waals surface area contributed by atoms with Gasteiger partial charge in [-0.25, -0.2) is 4.90 Å². The van der Waals surface area contributed by atoms with Crippen LogP contribution in [-0.2, 0) is 19.3 Å². The Labute approximate surface area is 143 Å². The number of nitrogens with zero attached hydrogens (tertiary/aromatic N) is 1. The summed E-state index contributed by atoms with van der Waals surface area (Å²) in [5.74, 6) is -0.0819.